The van der Waals surface area contributed by atoms with Gasteiger partial charge in [0.05, 0.1) is 6.04 Å². The highest BCUT2D eigenvalue weighted by molar-refractivity contribution is 7.80. The van der Waals surface area contributed by atoms with E-state index in [0.717, 1.165) is 19.5 Å². The number of benzene rings is 1. The van der Waals surface area contributed by atoms with Gasteiger partial charge in [0.15, 0.2) is 0 Å². The van der Waals surface area contributed by atoms with Crippen LogP contribution in [0.2, 0.25) is 0 Å². The number of fused-ring (bicyclic) bond motifs is 3. The monoisotopic (exact) mass is 396 g/mol. The van der Waals surface area contributed by atoms with Crippen molar-refractivity contribution < 1.29 is 26.8 Å². The van der Waals surface area contributed by atoms with Gasteiger partial charge in [-0.15, -0.1) is 4.28 Å². The quantitative estimate of drug-likeness (QED) is 0.623. The molecule has 0 radical (unpaired) electrons. The average molecular weight is 396 g/mol. The van der Waals surface area contributed by atoms with Crippen LogP contribution in [-0.2, 0) is 32.4 Å². The van der Waals surface area contributed by atoms with Crippen LogP contribution in [0.25, 0.3) is 0 Å². The van der Waals surface area contributed by atoms with Gasteiger partial charge in [0, 0.05) is 18.8 Å². The Hall–Kier alpha value is -2.21. The highest BCUT2D eigenvalue weighted by Gasteiger charge is 2.49. The Morgan fingerprint density at radius 2 is 2.11 bits per heavy atom. The van der Waals surface area contributed by atoms with E-state index in [1.54, 1.807) is 0 Å². The van der Waals surface area contributed by atoms with E-state index in [2.05, 4.69) is 14.9 Å². The molecule has 2 atom stereocenters. The Morgan fingerprint density at radius 1 is 1.30 bits per heavy atom. The number of carbonyl (C=O) groups excluding carboxylic acids is 2. The van der Waals surface area contributed by atoms with Gasteiger partial charge in [-0.25, -0.2) is 4.79 Å². The van der Waals surface area contributed by atoms with Crippen molar-refractivity contribution in [3.05, 3.63) is 29.3 Å². The lowest BCUT2D eigenvalue weighted by molar-refractivity contribution is -0.120. The summed E-state index contributed by atoms with van der Waals surface area (Å²) in [7, 11) is -4.80. The number of hydrogen-bond acceptors (Lipinski definition) is 6. The summed E-state index contributed by atoms with van der Waals surface area (Å²) in [4.78, 5) is 26.4. The molecule has 0 saturated carbocycles. The molecule has 3 N–H and O–H groups in total. The summed E-state index contributed by atoms with van der Waals surface area (Å²) >= 11 is 0. The van der Waals surface area contributed by atoms with Crippen molar-refractivity contribution in [2.45, 2.75) is 37.9 Å². The Bertz CT molecular complexity index is 889. The summed E-state index contributed by atoms with van der Waals surface area (Å²) in [6.07, 6.45) is 1.66. The number of piperidine rings is 1. The standard InChI is InChI=1S/C16H20N4O6S/c21-15(18-12-2-1-11-8-17-6-5-10(11)7-12)14-4-3-13-9-19(14)16(22)20(13)26-27(23,24)25/h1-2,7,13-14,17H,3-6,8-9H2,(H,18,21)(H,23,24,25)/t13?,14-/m0/s1. The first-order valence-corrected chi connectivity index (χ1v) is 10.1. The third kappa shape index (κ3) is 3.63. The maximum absolute atomic E-state index is 12.7. The minimum atomic E-state index is -4.80. The van der Waals surface area contributed by atoms with Gasteiger partial charge in [-0.2, -0.15) is 13.5 Å². The van der Waals surface area contributed by atoms with Crippen LogP contribution in [0.4, 0.5) is 10.5 Å². The van der Waals surface area contributed by atoms with Crippen molar-refractivity contribution in [1.29, 1.82) is 0 Å². The molecule has 0 spiro atoms. The molecule has 2 fully saturated rings. The van der Waals surface area contributed by atoms with Crippen LogP contribution in [0.15, 0.2) is 18.2 Å². The van der Waals surface area contributed by atoms with Gasteiger partial charge in [-0.1, -0.05) is 6.07 Å². The lowest BCUT2D eigenvalue weighted by atomic mass is 9.99. The molecule has 1 unspecified atom stereocenters. The SMILES string of the molecule is O=C(Nc1ccc2c(c1)CCNC2)[C@@H]1CCC2CN1C(=O)N2OS(=O)(=O)O. The summed E-state index contributed by atoms with van der Waals surface area (Å²) < 4.78 is 35.1. The van der Waals surface area contributed by atoms with Gasteiger partial charge < -0.3 is 15.5 Å². The molecule has 2 saturated heterocycles. The fraction of sp³-hybridized carbons (Fsp3) is 0.500. The summed E-state index contributed by atoms with van der Waals surface area (Å²) in [6, 6.07) is 3.76. The summed E-state index contributed by atoms with van der Waals surface area (Å²) in [5.74, 6) is -0.329. The van der Waals surface area contributed by atoms with Gasteiger partial charge in [0.25, 0.3) is 0 Å². The third-order valence-electron chi connectivity index (χ3n) is 5.16. The van der Waals surface area contributed by atoms with E-state index in [-0.39, 0.29) is 12.5 Å². The van der Waals surface area contributed by atoms with Crippen LogP contribution >= 0.6 is 0 Å². The first kappa shape index (κ1) is 18.2. The van der Waals surface area contributed by atoms with E-state index < -0.39 is 28.5 Å². The van der Waals surface area contributed by atoms with E-state index in [9.17, 15) is 18.0 Å². The number of nitrogens with one attached hydrogen (secondary N) is 2. The van der Waals surface area contributed by atoms with E-state index in [0.29, 0.717) is 23.6 Å². The molecule has 1 aromatic carbocycles. The predicted molar refractivity (Wildman–Crippen MR) is 93.9 cm³/mol. The summed E-state index contributed by atoms with van der Waals surface area (Å²) in [5.41, 5.74) is 3.05. The van der Waals surface area contributed by atoms with Gasteiger partial charge in [-0.05, 0) is 49.1 Å². The lowest BCUT2D eigenvalue weighted by Crippen LogP contribution is -2.47. The van der Waals surface area contributed by atoms with Gasteiger partial charge >= 0.3 is 16.4 Å². The second-order valence-electron chi connectivity index (χ2n) is 6.91. The van der Waals surface area contributed by atoms with Crippen LogP contribution in [0.3, 0.4) is 0 Å². The zero-order valence-corrected chi connectivity index (χ0v) is 15.2. The van der Waals surface area contributed by atoms with Gasteiger partial charge in [-0.3, -0.25) is 9.35 Å². The van der Waals surface area contributed by atoms with Crippen molar-refractivity contribution >= 4 is 28.0 Å². The largest absolute Gasteiger partial charge is 0.418 e. The first-order chi connectivity index (χ1) is 12.8. The van der Waals surface area contributed by atoms with Gasteiger partial charge in [0.2, 0.25) is 5.91 Å². The smallest absolute Gasteiger partial charge is 0.324 e. The lowest BCUT2D eigenvalue weighted by Gasteiger charge is -2.29. The maximum atomic E-state index is 12.7. The fourth-order valence-electron chi connectivity index (χ4n) is 3.88. The number of hydrogen-bond donors (Lipinski definition) is 3. The molecule has 3 amide bonds. The average Bonchev–Trinajstić information content (AvgIpc) is 2.85. The zero-order chi connectivity index (χ0) is 19.2. The minimum absolute atomic E-state index is 0.169. The van der Waals surface area contributed by atoms with Crippen LogP contribution in [0, 0.1) is 0 Å². The number of hydroxylamine groups is 2. The Morgan fingerprint density at radius 3 is 2.89 bits per heavy atom. The Labute approximate surface area is 156 Å². The Balaban J connectivity index is 1.46. The van der Waals surface area contributed by atoms with Crippen molar-refractivity contribution in [2.24, 2.45) is 0 Å². The fourth-order valence-corrected chi connectivity index (χ4v) is 4.27. The van der Waals surface area contributed by atoms with Crippen molar-refractivity contribution in [2.75, 3.05) is 18.4 Å². The van der Waals surface area contributed by atoms with Crippen LogP contribution < -0.4 is 10.6 Å². The molecule has 146 valence electrons. The highest BCUT2D eigenvalue weighted by atomic mass is 32.3. The summed E-state index contributed by atoms with van der Waals surface area (Å²) in [5, 5.41) is 6.77. The molecule has 11 heteroatoms. The van der Waals surface area contributed by atoms with Crippen LogP contribution in [0.1, 0.15) is 24.0 Å². The number of nitrogens with zero attached hydrogens (tertiary/aromatic N) is 2. The number of anilines is 1. The molecule has 3 aliphatic rings. The molecule has 3 heterocycles. The minimum Gasteiger partial charge on any atom is -0.324 e. The van der Waals surface area contributed by atoms with E-state index in [1.807, 2.05) is 18.2 Å². The molecule has 3 aliphatic heterocycles. The molecule has 10 nitrogen and oxygen atoms in total. The van der Waals surface area contributed by atoms with Crippen LogP contribution in [-0.4, -0.2) is 60.0 Å². The predicted octanol–water partition coefficient (Wildman–Crippen LogP) is 0.274. The highest BCUT2D eigenvalue weighted by Crippen LogP contribution is 2.31. The van der Waals surface area contributed by atoms with Gasteiger partial charge in [0.1, 0.15) is 6.04 Å². The van der Waals surface area contributed by atoms with E-state index in [4.69, 9.17) is 4.55 Å². The normalized spacial score (nSPS) is 24.7. The molecule has 1 aromatic rings. The molecule has 4 rings (SSSR count). The Kier molecular flexibility index (Phi) is 4.54. The molecule has 0 aromatic heterocycles. The first-order valence-electron chi connectivity index (χ1n) is 8.72. The molecular formula is C16H20N4O6S. The van der Waals surface area contributed by atoms with Crippen LogP contribution in [0.5, 0.6) is 0 Å². The van der Waals surface area contributed by atoms with Crippen molar-refractivity contribution in [1.82, 2.24) is 15.3 Å². The van der Waals surface area contributed by atoms with E-state index in [1.165, 1.54) is 16.0 Å². The number of urea groups is 1. The molecule has 2 bridgehead atoms. The molecular weight excluding hydrogens is 376 g/mol. The third-order valence-corrected chi connectivity index (χ3v) is 5.51. The van der Waals surface area contributed by atoms with Crippen molar-refractivity contribution in [3.63, 3.8) is 0 Å². The topological polar surface area (TPSA) is 128 Å². The van der Waals surface area contributed by atoms with E-state index >= 15 is 0 Å². The second-order valence-corrected chi connectivity index (χ2v) is 7.91. The molecule has 27 heavy (non-hydrogen) atoms. The molecule has 0 aliphatic carbocycles. The number of rotatable bonds is 4. The number of amides is 3. The zero-order valence-electron chi connectivity index (χ0n) is 14.4. The maximum Gasteiger partial charge on any atom is 0.418 e. The van der Waals surface area contributed by atoms with Crippen molar-refractivity contribution in [3.8, 4) is 0 Å². The summed E-state index contributed by atoms with van der Waals surface area (Å²) in [6.45, 7) is 1.86. The second kappa shape index (κ2) is 6.75. The number of carbonyl (C=O) groups is 2.